The van der Waals surface area contributed by atoms with Crippen molar-refractivity contribution in [2.45, 2.75) is 38.6 Å². The Labute approximate surface area is 130 Å². The number of esters is 1. The molecule has 2 aliphatic heterocycles. The second-order valence-corrected chi connectivity index (χ2v) is 5.19. The Morgan fingerprint density at radius 2 is 2.18 bits per heavy atom. The van der Waals surface area contributed by atoms with Crippen LogP contribution in [0, 0.1) is 11.3 Å². The topological polar surface area (TPSA) is 71.8 Å². The monoisotopic (exact) mass is 306 g/mol. The Balaban J connectivity index is 1.93. The fraction of sp³-hybridized carbons (Fsp3) is 0.625. The first-order valence-electron chi connectivity index (χ1n) is 7.66. The van der Waals surface area contributed by atoms with Gasteiger partial charge in [0.2, 0.25) is 0 Å². The number of hydrogen-bond donors (Lipinski definition) is 0. The lowest BCUT2D eigenvalue weighted by Crippen LogP contribution is -2.32. The van der Waals surface area contributed by atoms with Gasteiger partial charge in [0.25, 0.3) is 0 Å². The molecule has 2 heterocycles. The lowest BCUT2D eigenvalue weighted by atomic mass is 10.1. The molecule has 6 nitrogen and oxygen atoms in total. The fourth-order valence-electron chi connectivity index (χ4n) is 2.58. The van der Waals surface area contributed by atoms with Crippen LogP contribution in [0.5, 0.6) is 0 Å². The number of ether oxygens (including phenoxy) is 3. The summed E-state index contributed by atoms with van der Waals surface area (Å²) >= 11 is 0. The summed E-state index contributed by atoms with van der Waals surface area (Å²) in [5.41, 5.74) is -0.0233. The lowest BCUT2D eigenvalue weighted by Gasteiger charge is -2.16. The van der Waals surface area contributed by atoms with Crippen LogP contribution in [0.2, 0.25) is 0 Å². The van der Waals surface area contributed by atoms with Crippen molar-refractivity contribution in [3.63, 3.8) is 0 Å². The Hall–Kier alpha value is -1.84. The molecule has 0 spiro atoms. The summed E-state index contributed by atoms with van der Waals surface area (Å²) in [7, 11) is 0. The maximum Gasteiger partial charge on any atom is 0.349 e. The molecule has 120 valence electrons. The van der Waals surface area contributed by atoms with Gasteiger partial charge < -0.3 is 19.1 Å². The predicted molar refractivity (Wildman–Crippen MR) is 79.7 cm³/mol. The summed E-state index contributed by atoms with van der Waals surface area (Å²) in [6, 6.07) is 1.88. The number of allylic oxidation sites excluding steroid dienone is 2. The van der Waals surface area contributed by atoms with Crippen molar-refractivity contribution < 1.29 is 19.0 Å². The molecule has 0 saturated carbocycles. The van der Waals surface area contributed by atoms with Crippen molar-refractivity contribution in [1.82, 2.24) is 4.90 Å². The molecule has 0 amide bonds. The normalized spacial score (nSPS) is 27.7. The smallest absolute Gasteiger partial charge is 0.349 e. The van der Waals surface area contributed by atoms with E-state index in [4.69, 9.17) is 19.5 Å². The van der Waals surface area contributed by atoms with Crippen molar-refractivity contribution in [3.05, 3.63) is 23.9 Å². The van der Waals surface area contributed by atoms with Crippen LogP contribution >= 0.6 is 0 Å². The molecule has 6 heteroatoms. The summed E-state index contributed by atoms with van der Waals surface area (Å²) in [4.78, 5) is 14.1. The van der Waals surface area contributed by atoms with Gasteiger partial charge in [-0.15, -0.1) is 0 Å². The van der Waals surface area contributed by atoms with E-state index in [-0.39, 0.29) is 17.8 Å². The van der Waals surface area contributed by atoms with Crippen LogP contribution in [0.3, 0.4) is 0 Å². The molecule has 0 radical (unpaired) electrons. The predicted octanol–water partition coefficient (Wildman–Crippen LogP) is 1.39. The van der Waals surface area contributed by atoms with Crippen LogP contribution in [-0.2, 0) is 19.0 Å². The van der Waals surface area contributed by atoms with Crippen LogP contribution in [0.15, 0.2) is 23.9 Å². The van der Waals surface area contributed by atoms with E-state index in [0.29, 0.717) is 13.2 Å². The zero-order valence-corrected chi connectivity index (χ0v) is 13.0. The highest BCUT2D eigenvalue weighted by molar-refractivity contribution is 5.93. The minimum absolute atomic E-state index is 0.00915. The van der Waals surface area contributed by atoms with Gasteiger partial charge in [-0.1, -0.05) is 0 Å². The summed E-state index contributed by atoms with van der Waals surface area (Å²) in [6.07, 6.45) is 5.22. The van der Waals surface area contributed by atoms with Crippen LogP contribution < -0.4 is 0 Å². The van der Waals surface area contributed by atoms with Gasteiger partial charge >= 0.3 is 5.97 Å². The standard InChI is InChI=1S/C16H22N2O4/c1-3-18(4-2)8-5-6-12(10-17)16(19)22-14-11-21-13-7-9-20-15(13)14/h5-6,8,13-15H,3-4,7,9,11H2,1-2H3/b8-5+,12-6+. The highest BCUT2D eigenvalue weighted by atomic mass is 16.6. The quantitative estimate of drug-likeness (QED) is 0.320. The number of fused-ring (bicyclic) bond motifs is 1. The van der Waals surface area contributed by atoms with Crippen molar-refractivity contribution in [2.75, 3.05) is 26.3 Å². The number of nitrogens with zero attached hydrogens (tertiary/aromatic N) is 2. The van der Waals surface area contributed by atoms with E-state index in [9.17, 15) is 4.79 Å². The van der Waals surface area contributed by atoms with Gasteiger partial charge in [-0.25, -0.2) is 4.79 Å². The van der Waals surface area contributed by atoms with Crippen molar-refractivity contribution >= 4 is 5.97 Å². The van der Waals surface area contributed by atoms with E-state index in [1.54, 1.807) is 6.08 Å². The van der Waals surface area contributed by atoms with E-state index in [1.807, 2.05) is 26.1 Å². The van der Waals surface area contributed by atoms with Crippen LogP contribution in [0.1, 0.15) is 20.3 Å². The van der Waals surface area contributed by atoms with E-state index in [0.717, 1.165) is 19.5 Å². The third-order valence-electron chi connectivity index (χ3n) is 3.89. The molecule has 0 aromatic carbocycles. The van der Waals surface area contributed by atoms with Gasteiger partial charge in [0, 0.05) is 19.7 Å². The molecule has 0 aromatic heterocycles. The van der Waals surface area contributed by atoms with Gasteiger partial charge in [-0.3, -0.25) is 0 Å². The summed E-state index contributed by atoms with van der Waals surface area (Å²) in [6.45, 7) is 6.76. The highest BCUT2D eigenvalue weighted by Gasteiger charge is 2.44. The van der Waals surface area contributed by atoms with E-state index in [1.165, 1.54) is 6.08 Å². The molecule has 22 heavy (non-hydrogen) atoms. The number of hydrogen-bond acceptors (Lipinski definition) is 6. The minimum Gasteiger partial charge on any atom is -0.453 e. The van der Waals surface area contributed by atoms with E-state index in [2.05, 4.69) is 4.90 Å². The molecule has 3 unspecified atom stereocenters. The Kier molecular flexibility index (Phi) is 5.99. The van der Waals surface area contributed by atoms with Crippen molar-refractivity contribution in [3.8, 4) is 6.07 Å². The summed E-state index contributed by atoms with van der Waals surface area (Å²) in [5.74, 6) is -0.628. The zero-order chi connectivity index (χ0) is 15.9. The van der Waals surface area contributed by atoms with Crippen molar-refractivity contribution in [1.29, 1.82) is 5.26 Å². The summed E-state index contributed by atoms with van der Waals surface area (Å²) < 4.78 is 16.4. The molecule has 0 N–H and O–H groups in total. The Morgan fingerprint density at radius 3 is 2.86 bits per heavy atom. The van der Waals surface area contributed by atoms with Gasteiger partial charge in [0.15, 0.2) is 6.10 Å². The van der Waals surface area contributed by atoms with Crippen LogP contribution in [0.25, 0.3) is 0 Å². The second kappa shape index (κ2) is 7.97. The summed E-state index contributed by atoms with van der Waals surface area (Å²) in [5, 5.41) is 9.11. The number of carbonyl (C=O) groups excluding carboxylic acids is 1. The van der Waals surface area contributed by atoms with Gasteiger partial charge in [-0.05, 0) is 38.6 Å². The number of carbonyl (C=O) groups is 1. The fourth-order valence-corrected chi connectivity index (χ4v) is 2.58. The number of nitriles is 1. The molecule has 2 fully saturated rings. The molecule has 3 atom stereocenters. The lowest BCUT2D eigenvalue weighted by molar-refractivity contribution is -0.148. The second-order valence-electron chi connectivity index (χ2n) is 5.19. The van der Waals surface area contributed by atoms with Crippen LogP contribution in [0.4, 0.5) is 0 Å². The molecule has 2 aliphatic rings. The maximum absolute atomic E-state index is 12.1. The molecule has 2 saturated heterocycles. The van der Waals surface area contributed by atoms with E-state index < -0.39 is 12.1 Å². The first kappa shape index (κ1) is 16.5. The van der Waals surface area contributed by atoms with Gasteiger partial charge in [0.1, 0.15) is 17.7 Å². The Bertz CT molecular complexity index is 491. The molecular weight excluding hydrogens is 284 g/mol. The average molecular weight is 306 g/mol. The van der Waals surface area contributed by atoms with Gasteiger partial charge in [0.05, 0.1) is 12.7 Å². The Morgan fingerprint density at radius 1 is 1.41 bits per heavy atom. The molecule has 2 rings (SSSR count). The maximum atomic E-state index is 12.1. The molecule has 0 aliphatic carbocycles. The van der Waals surface area contributed by atoms with E-state index >= 15 is 0 Å². The van der Waals surface area contributed by atoms with Crippen molar-refractivity contribution in [2.24, 2.45) is 0 Å². The zero-order valence-electron chi connectivity index (χ0n) is 13.0. The molecule has 0 bridgehead atoms. The third-order valence-corrected chi connectivity index (χ3v) is 3.89. The minimum atomic E-state index is -0.628. The van der Waals surface area contributed by atoms with Crippen LogP contribution in [-0.4, -0.2) is 55.5 Å². The largest absolute Gasteiger partial charge is 0.453 e. The highest BCUT2D eigenvalue weighted by Crippen LogP contribution is 2.28. The third kappa shape index (κ3) is 3.87. The van der Waals surface area contributed by atoms with Gasteiger partial charge in [-0.2, -0.15) is 5.26 Å². The first-order chi connectivity index (χ1) is 10.7. The average Bonchev–Trinajstić information content (AvgIpc) is 3.12. The number of rotatable bonds is 6. The SMILES string of the molecule is CCN(/C=C/C=C(\C#N)C(=O)OC1COC2CCOC21)CC. The molecule has 0 aromatic rings. The molecular formula is C16H22N2O4. The first-order valence-corrected chi connectivity index (χ1v) is 7.66.